The second kappa shape index (κ2) is 37.1. The van der Waals surface area contributed by atoms with Crippen LogP contribution in [0.3, 0.4) is 0 Å². The molecule has 0 fully saturated rings. The Kier molecular flexibility index (Phi) is 36.1. The summed E-state index contributed by atoms with van der Waals surface area (Å²) in [6, 6.07) is 0. The zero-order valence-corrected chi connectivity index (χ0v) is 36.6. The largest absolute Gasteiger partial charge is 0.756 e. The molecule has 1 unspecified atom stereocenters. The van der Waals surface area contributed by atoms with E-state index in [1.165, 1.54) is 153 Å². The standard InChI is InChI=1S/C44H84NO8P/c1-6-8-10-12-14-16-18-20-22-24-26-28-30-32-34-36-43(46)50-40-42(41-52-54(48,49)51-39-38-45(3,4)5)53-44(47)37-35-33-31-29-27-25-23-21-19-17-15-13-11-9-7-2/h34-37,42H,6-33,38-41H2,1-5H3/t42-/m1/s1. The number of hydrogen-bond donors (Lipinski definition) is 0. The van der Waals surface area contributed by atoms with Gasteiger partial charge in [0.2, 0.25) is 0 Å². The summed E-state index contributed by atoms with van der Waals surface area (Å²) in [4.78, 5) is 37.3. The number of ether oxygens (including phenoxy) is 2. The van der Waals surface area contributed by atoms with Crippen LogP contribution in [-0.4, -0.2) is 70.0 Å². The molecule has 10 heteroatoms. The molecule has 0 spiro atoms. The summed E-state index contributed by atoms with van der Waals surface area (Å²) in [5, 5.41) is 0. The monoisotopic (exact) mass is 786 g/mol. The quantitative estimate of drug-likeness (QED) is 0.0198. The summed E-state index contributed by atoms with van der Waals surface area (Å²) in [7, 11) is 1.11. The van der Waals surface area contributed by atoms with Crippen LogP contribution in [0, 0.1) is 0 Å². The molecular formula is C44H84NO8P. The first-order chi connectivity index (χ1) is 26.0. The Balaban J connectivity index is 4.45. The number of likely N-dealkylation sites (N-methyl/N-ethyl adjacent to an activating group) is 1. The van der Waals surface area contributed by atoms with Crippen LogP contribution in [-0.2, 0) is 32.7 Å². The minimum atomic E-state index is -4.65. The minimum Gasteiger partial charge on any atom is -0.756 e. The molecule has 0 bridgehead atoms. The molecule has 318 valence electrons. The predicted molar refractivity (Wildman–Crippen MR) is 222 cm³/mol. The normalized spacial score (nSPS) is 13.8. The van der Waals surface area contributed by atoms with Gasteiger partial charge in [-0.2, -0.15) is 0 Å². The molecule has 0 saturated carbocycles. The topological polar surface area (TPSA) is 111 Å². The van der Waals surface area contributed by atoms with Gasteiger partial charge < -0.3 is 27.9 Å². The van der Waals surface area contributed by atoms with Crippen molar-refractivity contribution in [3.63, 3.8) is 0 Å². The molecule has 0 amide bonds. The molecule has 0 rings (SSSR count). The highest BCUT2D eigenvalue weighted by Crippen LogP contribution is 2.38. The number of esters is 2. The fraction of sp³-hybridized carbons (Fsp3) is 0.864. The lowest BCUT2D eigenvalue weighted by Crippen LogP contribution is -2.37. The van der Waals surface area contributed by atoms with Gasteiger partial charge in [0, 0.05) is 12.2 Å². The zero-order valence-electron chi connectivity index (χ0n) is 35.7. The number of unbranched alkanes of at least 4 members (excludes halogenated alkanes) is 26. The third-order valence-corrected chi connectivity index (χ3v) is 10.5. The second-order valence-corrected chi connectivity index (χ2v) is 17.6. The van der Waals surface area contributed by atoms with E-state index in [0.29, 0.717) is 11.0 Å². The van der Waals surface area contributed by atoms with Crippen molar-refractivity contribution in [1.82, 2.24) is 0 Å². The van der Waals surface area contributed by atoms with Crippen LogP contribution in [0.1, 0.15) is 194 Å². The van der Waals surface area contributed by atoms with Crippen molar-refractivity contribution in [2.45, 2.75) is 200 Å². The highest BCUT2D eigenvalue weighted by Gasteiger charge is 2.20. The van der Waals surface area contributed by atoms with Gasteiger partial charge in [0.15, 0.2) is 6.10 Å². The van der Waals surface area contributed by atoms with E-state index < -0.39 is 32.5 Å². The SMILES string of the molecule is CCCCCCCCCCCCCCCC=CC(=O)OC[C@H](COP(=O)([O-])OCC[N+](C)(C)C)OC(=O)C=CCCCCCCCCCCCCCCC. The molecule has 0 saturated heterocycles. The van der Waals surface area contributed by atoms with Crippen molar-refractivity contribution in [2.24, 2.45) is 0 Å². The highest BCUT2D eigenvalue weighted by atomic mass is 31.2. The number of allylic oxidation sites excluding steroid dienone is 2. The molecule has 0 aliphatic carbocycles. The van der Waals surface area contributed by atoms with Crippen LogP contribution in [0.5, 0.6) is 0 Å². The van der Waals surface area contributed by atoms with Crippen molar-refractivity contribution >= 4 is 19.8 Å². The first kappa shape index (κ1) is 52.5. The number of phosphoric ester groups is 1. The number of rotatable bonds is 40. The summed E-state index contributed by atoms with van der Waals surface area (Å²) in [5.74, 6) is -1.22. The second-order valence-electron chi connectivity index (χ2n) is 16.1. The van der Waals surface area contributed by atoms with Crippen molar-refractivity contribution in [3.8, 4) is 0 Å². The van der Waals surface area contributed by atoms with E-state index in [0.717, 1.165) is 38.5 Å². The fourth-order valence-corrected chi connectivity index (χ4v) is 6.83. The van der Waals surface area contributed by atoms with Gasteiger partial charge in [0.05, 0.1) is 27.7 Å². The fourth-order valence-electron chi connectivity index (χ4n) is 6.10. The van der Waals surface area contributed by atoms with Crippen molar-refractivity contribution in [1.29, 1.82) is 0 Å². The third kappa shape index (κ3) is 40.2. The number of hydrogen-bond acceptors (Lipinski definition) is 8. The van der Waals surface area contributed by atoms with Gasteiger partial charge in [-0.3, -0.25) is 4.57 Å². The molecule has 0 aliphatic heterocycles. The van der Waals surface area contributed by atoms with Crippen LogP contribution in [0.4, 0.5) is 0 Å². The Morgan fingerprint density at radius 3 is 1.31 bits per heavy atom. The summed E-state index contributed by atoms with van der Waals surface area (Å²) >= 11 is 0. The molecular weight excluding hydrogens is 701 g/mol. The summed E-state index contributed by atoms with van der Waals surface area (Å²) in [5.41, 5.74) is 0. The molecule has 0 aromatic heterocycles. The molecule has 0 aromatic carbocycles. The minimum absolute atomic E-state index is 0.0459. The van der Waals surface area contributed by atoms with E-state index in [1.54, 1.807) is 12.2 Å². The molecule has 2 atom stereocenters. The Morgan fingerprint density at radius 2 is 0.926 bits per heavy atom. The van der Waals surface area contributed by atoms with Crippen molar-refractivity contribution in [3.05, 3.63) is 24.3 Å². The molecule has 0 heterocycles. The third-order valence-electron chi connectivity index (χ3n) is 9.58. The molecule has 9 nitrogen and oxygen atoms in total. The van der Waals surface area contributed by atoms with Crippen molar-refractivity contribution < 1.29 is 42.1 Å². The van der Waals surface area contributed by atoms with Gasteiger partial charge in [-0.05, 0) is 25.7 Å². The average molecular weight is 786 g/mol. The van der Waals surface area contributed by atoms with Crippen LogP contribution in [0.2, 0.25) is 0 Å². The predicted octanol–water partition coefficient (Wildman–Crippen LogP) is 11.7. The van der Waals surface area contributed by atoms with Gasteiger partial charge in [-0.15, -0.1) is 0 Å². The number of carbonyl (C=O) groups is 2. The first-order valence-electron chi connectivity index (χ1n) is 22.1. The average Bonchev–Trinajstić information content (AvgIpc) is 3.12. The lowest BCUT2D eigenvalue weighted by atomic mass is 10.0. The smallest absolute Gasteiger partial charge is 0.330 e. The number of carbonyl (C=O) groups excluding carboxylic acids is 2. The van der Waals surface area contributed by atoms with Gasteiger partial charge in [-0.25, -0.2) is 9.59 Å². The molecule has 0 aromatic rings. The Labute approximate surface area is 332 Å². The van der Waals surface area contributed by atoms with E-state index in [4.69, 9.17) is 18.5 Å². The van der Waals surface area contributed by atoms with Gasteiger partial charge in [0.25, 0.3) is 7.82 Å². The van der Waals surface area contributed by atoms with E-state index in [1.807, 2.05) is 21.1 Å². The van der Waals surface area contributed by atoms with E-state index in [2.05, 4.69) is 13.8 Å². The molecule has 0 radical (unpaired) electrons. The summed E-state index contributed by atoms with van der Waals surface area (Å²) < 4.78 is 33.6. The Hall–Kier alpha value is -1.51. The lowest BCUT2D eigenvalue weighted by molar-refractivity contribution is -0.870. The maximum atomic E-state index is 12.6. The van der Waals surface area contributed by atoms with Crippen LogP contribution < -0.4 is 4.89 Å². The lowest BCUT2D eigenvalue weighted by Gasteiger charge is -2.28. The van der Waals surface area contributed by atoms with Crippen LogP contribution in [0.15, 0.2) is 24.3 Å². The maximum Gasteiger partial charge on any atom is 0.330 e. The van der Waals surface area contributed by atoms with E-state index >= 15 is 0 Å². The summed E-state index contributed by atoms with van der Waals surface area (Å²) in [6.45, 7) is 4.08. The number of quaternary nitrogens is 1. The van der Waals surface area contributed by atoms with E-state index in [-0.39, 0.29) is 13.2 Å². The Bertz CT molecular complexity index is 980. The number of nitrogens with zero attached hydrogens (tertiary/aromatic N) is 1. The highest BCUT2D eigenvalue weighted by molar-refractivity contribution is 7.45. The van der Waals surface area contributed by atoms with E-state index in [9.17, 15) is 19.0 Å². The van der Waals surface area contributed by atoms with Gasteiger partial charge in [-0.1, -0.05) is 180 Å². The maximum absolute atomic E-state index is 12.6. The van der Waals surface area contributed by atoms with Crippen molar-refractivity contribution in [2.75, 3.05) is 47.5 Å². The van der Waals surface area contributed by atoms with Crippen LogP contribution in [0.25, 0.3) is 0 Å². The van der Waals surface area contributed by atoms with Gasteiger partial charge >= 0.3 is 11.9 Å². The molecule has 54 heavy (non-hydrogen) atoms. The summed E-state index contributed by atoms with van der Waals surface area (Å²) in [6.07, 6.45) is 40.1. The van der Waals surface area contributed by atoms with Gasteiger partial charge in [0.1, 0.15) is 19.8 Å². The first-order valence-corrected chi connectivity index (χ1v) is 23.6. The zero-order chi connectivity index (χ0) is 40.0. The molecule has 0 aliphatic rings. The van der Waals surface area contributed by atoms with Crippen LogP contribution >= 0.6 is 7.82 Å². The Morgan fingerprint density at radius 1 is 0.556 bits per heavy atom. The number of phosphoric acid groups is 1. The molecule has 0 N–H and O–H groups in total.